The van der Waals surface area contributed by atoms with Crippen molar-refractivity contribution in [3.63, 3.8) is 0 Å². The first-order chi connectivity index (χ1) is 9.74. The largest absolute Gasteiger partial charge is 0.356 e. The summed E-state index contributed by atoms with van der Waals surface area (Å²) in [4.78, 5) is 13.7. The van der Waals surface area contributed by atoms with Crippen molar-refractivity contribution in [3.05, 3.63) is 12.3 Å². The van der Waals surface area contributed by atoms with Crippen molar-refractivity contribution in [2.75, 3.05) is 43.4 Å². The van der Waals surface area contributed by atoms with Crippen LogP contribution in [-0.4, -0.2) is 54.1 Å². The molecule has 1 saturated heterocycles. The Morgan fingerprint density at radius 2 is 2.10 bits per heavy atom. The minimum absolute atomic E-state index is 0.590. The minimum Gasteiger partial charge on any atom is -0.356 e. The summed E-state index contributed by atoms with van der Waals surface area (Å²) in [5, 5.41) is 3.25. The Hall–Kier alpha value is -1.36. The van der Waals surface area contributed by atoms with Gasteiger partial charge in [-0.05, 0) is 31.9 Å². The monoisotopic (exact) mass is 277 g/mol. The van der Waals surface area contributed by atoms with Gasteiger partial charge in [0.05, 0.1) is 0 Å². The van der Waals surface area contributed by atoms with E-state index in [1.165, 1.54) is 25.9 Å². The van der Waals surface area contributed by atoms with Crippen molar-refractivity contribution in [2.45, 2.75) is 39.2 Å². The quantitative estimate of drug-likeness (QED) is 0.864. The topological polar surface area (TPSA) is 44.3 Å². The van der Waals surface area contributed by atoms with Crippen molar-refractivity contribution in [2.24, 2.45) is 0 Å². The van der Waals surface area contributed by atoms with Gasteiger partial charge in [0.15, 0.2) is 0 Å². The molecule has 0 unspecified atom stereocenters. The van der Waals surface area contributed by atoms with Crippen molar-refractivity contribution >= 4 is 11.8 Å². The molecule has 112 valence electrons. The van der Waals surface area contributed by atoms with Gasteiger partial charge < -0.3 is 15.1 Å². The second kappa shape index (κ2) is 7.43. The van der Waals surface area contributed by atoms with Gasteiger partial charge in [0.1, 0.15) is 5.82 Å². The molecule has 0 aliphatic carbocycles. The summed E-state index contributed by atoms with van der Waals surface area (Å²) in [7, 11) is 2.15. The molecular formula is C15H27N5. The normalized spacial score (nSPS) is 17.1. The maximum absolute atomic E-state index is 4.61. The van der Waals surface area contributed by atoms with Gasteiger partial charge in [-0.25, -0.2) is 4.98 Å². The van der Waals surface area contributed by atoms with Gasteiger partial charge >= 0.3 is 0 Å². The Kier molecular flexibility index (Phi) is 5.59. The molecule has 20 heavy (non-hydrogen) atoms. The molecule has 0 bridgehead atoms. The van der Waals surface area contributed by atoms with Crippen LogP contribution < -0.4 is 10.2 Å². The Labute approximate surface area is 122 Å². The average molecular weight is 277 g/mol. The maximum atomic E-state index is 4.61. The minimum atomic E-state index is 0.590. The van der Waals surface area contributed by atoms with Crippen molar-refractivity contribution in [1.29, 1.82) is 0 Å². The van der Waals surface area contributed by atoms with E-state index in [0.717, 1.165) is 31.3 Å². The van der Waals surface area contributed by atoms with Crippen LogP contribution in [0.3, 0.4) is 0 Å². The highest BCUT2D eigenvalue weighted by Gasteiger charge is 2.22. The number of likely N-dealkylation sites (tertiary alicyclic amines) is 1. The third-order valence-corrected chi connectivity index (χ3v) is 4.09. The van der Waals surface area contributed by atoms with Gasteiger partial charge in [0.25, 0.3) is 0 Å². The first-order valence-corrected chi connectivity index (χ1v) is 7.76. The molecule has 1 aliphatic rings. The van der Waals surface area contributed by atoms with E-state index in [-0.39, 0.29) is 0 Å². The SMILES string of the molecule is CCCNc1nccc(N(C)C2CCN(CC)CC2)n1. The lowest BCUT2D eigenvalue weighted by Gasteiger charge is -2.36. The smallest absolute Gasteiger partial charge is 0.224 e. The summed E-state index contributed by atoms with van der Waals surface area (Å²) in [5.41, 5.74) is 0. The number of nitrogens with one attached hydrogen (secondary N) is 1. The van der Waals surface area contributed by atoms with Gasteiger partial charge in [-0.1, -0.05) is 13.8 Å². The van der Waals surface area contributed by atoms with Gasteiger partial charge in [-0.2, -0.15) is 4.98 Å². The van der Waals surface area contributed by atoms with Gasteiger partial charge in [-0.15, -0.1) is 0 Å². The molecule has 1 aromatic heterocycles. The van der Waals surface area contributed by atoms with Crippen molar-refractivity contribution in [1.82, 2.24) is 14.9 Å². The summed E-state index contributed by atoms with van der Waals surface area (Å²) >= 11 is 0. The van der Waals surface area contributed by atoms with Crippen molar-refractivity contribution in [3.8, 4) is 0 Å². The number of rotatable bonds is 6. The van der Waals surface area contributed by atoms with E-state index in [1.807, 2.05) is 12.3 Å². The van der Waals surface area contributed by atoms with Crippen molar-refractivity contribution < 1.29 is 0 Å². The zero-order valence-corrected chi connectivity index (χ0v) is 13.0. The second-order valence-corrected chi connectivity index (χ2v) is 5.44. The molecule has 0 amide bonds. The molecule has 1 aromatic rings. The fourth-order valence-corrected chi connectivity index (χ4v) is 2.68. The van der Waals surface area contributed by atoms with Crippen LogP contribution in [0, 0.1) is 0 Å². The highest BCUT2D eigenvalue weighted by atomic mass is 15.2. The predicted octanol–water partition coefficient (Wildman–Crippen LogP) is 2.22. The fourth-order valence-electron chi connectivity index (χ4n) is 2.68. The van der Waals surface area contributed by atoms with E-state index in [9.17, 15) is 0 Å². The lowest BCUT2D eigenvalue weighted by atomic mass is 10.0. The highest BCUT2D eigenvalue weighted by Crippen LogP contribution is 2.20. The predicted molar refractivity (Wildman–Crippen MR) is 84.4 cm³/mol. The molecule has 5 nitrogen and oxygen atoms in total. The second-order valence-electron chi connectivity index (χ2n) is 5.44. The Morgan fingerprint density at radius 1 is 1.35 bits per heavy atom. The summed E-state index contributed by atoms with van der Waals surface area (Å²) in [6, 6.07) is 2.59. The third-order valence-electron chi connectivity index (χ3n) is 4.09. The lowest BCUT2D eigenvalue weighted by molar-refractivity contribution is 0.220. The zero-order chi connectivity index (χ0) is 14.4. The molecule has 2 rings (SSSR count). The summed E-state index contributed by atoms with van der Waals surface area (Å²) < 4.78 is 0. The van der Waals surface area contributed by atoms with Crippen LogP contribution in [-0.2, 0) is 0 Å². The molecule has 0 atom stereocenters. The van der Waals surface area contributed by atoms with E-state index >= 15 is 0 Å². The summed E-state index contributed by atoms with van der Waals surface area (Å²) in [6.45, 7) is 8.84. The Balaban J connectivity index is 1.96. The number of anilines is 2. The summed E-state index contributed by atoms with van der Waals surface area (Å²) in [5.74, 6) is 1.76. The molecule has 1 aliphatic heterocycles. The summed E-state index contributed by atoms with van der Waals surface area (Å²) in [6.07, 6.45) is 5.36. The molecule has 1 fully saturated rings. The number of hydrogen-bond acceptors (Lipinski definition) is 5. The third kappa shape index (κ3) is 3.82. The van der Waals surface area contributed by atoms with Gasteiger partial charge in [-0.3, -0.25) is 0 Å². The van der Waals surface area contributed by atoms with Gasteiger partial charge in [0, 0.05) is 38.9 Å². The lowest BCUT2D eigenvalue weighted by Crippen LogP contribution is -2.43. The Bertz CT molecular complexity index is 401. The van der Waals surface area contributed by atoms with Crippen LogP contribution in [0.1, 0.15) is 33.1 Å². The van der Waals surface area contributed by atoms with Crippen LogP contribution in [0.2, 0.25) is 0 Å². The first kappa shape index (κ1) is 15.0. The molecule has 5 heteroatoms. The van der Waals surface area contributed by atoms with Gasteiger partial charge in [0.2, 0.25) is 5.95 Å². The molecule has 2 heterocycles. The molecular weight excluding hydrogens is 250 g/mol. The molecule has 0 saturated carbocycles. The molecule has 0 spiro atoms. The van der Waals surface area contributed by atoms with E-state index in [4.69, 9.17) is 0 Å². The van der Waals surface area contributed by atoms with E-state index < -0.39 is 0 Å². The zero-order valence-electron chi connectivity index (χ0n) is 13.0. The van der Waals surface area contributed by atoms with E-state index in [1.54, 1.807) is 0 Å². The maximum Gasteiger partial charge on any atom is 0.224 e. The van der Waals surface area contributed by atoms with Crippen LogP contribution in [0.15, 0.2) is 12.3 Å². The fraction of sp³-hybridized carbons (Fsp3) is 0.733. The van der Waals surface area contributed by atoms with Crippen LogP contribution >= 0.6 is 0 Å². The number of nitrogens with zero attached hydrogens (tertiary/aromatic N) is 4. The van der Waals surface area contributed by atoms with Crippen LogP contribution in [0.25, 0.3) is 0 Å². The average Bonchev–Trinajstić information content (AvgIpc) is 2.52. The Morgan fingerprint density at radius 3 is 2.75 bits per heavy atom. The first-order valence-electron chi connectivity index (χ1n) is 7.76. The van der Waals surface area contributed by atoms with Crippen LogP contribution in [0.5, 0.6) is 0 Å². The number of piperidine rings is 1. The standard InChI is InChI=1S/C15H27N5/c1-4-9-16-15-17-10-6-14(18-15)19(3)13-7-11-20(5-2)12-8-13/h6,10,13H,4-5,7-9,11-12H2,1-3H3,(H,16,17,18). The molecule has 0 radical (unpaired) electrons. The van der Waals surface area contributed by atoms with E-state index in [0.29, 0.717) is 6.04 Å². The van der Waals surface area contributed by atoms with E-state index in [2.05, 4.69) is 46.0 Å². The highest BCUT2D eigenvalue weighted by molar-refractivity contribution is 5.42. The number of hydrogen-bond donors (Lipinski definition) is 1. The number of aromatic nitrogens is 2. The van der Waals surface area contributed by atoms with Crippen LogP contribution in [0.4, 0.5) is 11.8 Å². The molecule has 1 N–H and O–H groups in total. The molecule has 0 aromatic carbocycles.